The van der Waals surface area contributed by atoms with Gasteiger partial charge in [0, 0.05) is 19.2 Å². The summed E-state index contributed by atoms with van der Waals surface area (Å²) in [6.07, 6.45) is 0. The SMILES string of the molecule is COc1ccc(CNC(C)C)cc1OCCOCC(C)C. The van der Waals surface area contributed by atoms with Crippen molar-refractivity contribution in [3.05, 3.63) is 23.8 Å². The Hall–Kier alpha value is -1.26. The van der Waals surface area contributed by atoms with E-state index < -0.39 is 0 Å². The molecule has 21 heavy (non-hydrogen) atoms. The molecule has 0 amide bonds. The fourth-order valence-electron chi connectivity index (χ4n) is 1.80. The zero-order valence-electron chi connectivity index (χ0n) is 13.9. The van der Waals surface area contributed by atoms with Crippen molar-refractivity contribution >= 4 is 0 Å². The fourth-order valence-corrected chi connectivity index (χ4v) is 1.80. The predicted molar refractivity (Wildman–Crippen MR) is 86.1 cm³/mol. The number of nitrogens with one attached hydrogen (secondary N) is 1. The van der Waals surface area contributed by atoms with Crippen LogP contribution in [0.25, 0.3) is 0 Å². The highest BCUT2D eigenvalue weighted by molar-refractivity contribution is 5.42. The third-order valence-corrected chi connectivity index (χ3v) is 2.88. The zero-order chi connectivity index (χ0) is 15.7. The van der Waals surface area contributed by atoms with E-state index in [4.69, 9.17) is 14.2 Å². The van der Waals surface area contributed by atoms with Crippen molar-refractivity contribution in [2.24, 2.45) is 5.92 Å². The number of hydrogen-bond acceptors (Lipinski definition) is 4. The summed E-state index contributed by atoms with van der Waals surface area (Å²) >= 11 is 0. The maximum atomic E-state index is 5.78. The quantitative estimate of drug-likeness (QED) is 0.673. The van der Waals surface area contributed by atoms with Crippen LogP contribution in [0.5, 0.6) is 11.5 Å². The highest BCUT2D eigenvalue weighted by Gasteiger charge is 2.06. The fraction of sp³-hybridized carbons (Fsp3) is 0.647. The molecule has 0 atom stereocenters. The largest absolute Gasteiger partial charge is 0.493 e. The predicted octanol–water partition coefficient (Wildman–Crippen LogP) is 3.24. The minimum absolute atomic E-state index is 0.459. The molecule has 1 rings (SSSR count). The average Bonchev–Trinajstić information content (AvgIpc) is 2.44. The Kier molecular flexibility index (Phi) is 8.16. The summed E-state index contributed by atoms with van der Waals surface area (Å²) in [5.41, 5.74) is 1.18. The number of ether oxygens (including phenoxy) is 3. The van der Waals surface area contributed by atoms with Crippen LogP contribution in [-0.4, -0.2) is 33.0 Å². The highest BCUT2D eigenvalue weighted by Crippen LogP contribution is 2.28. The Morgan fingerprint density at radius 2 is 1.81 bits per heavy atom. The van der Waals surface area contributed by atoms with Gasteiger partial charge in [0.15, 0.2) is 11.5 Å². The number of benzene rings is 1. The van der Waals surface area contributed by atoms with E-state index >= 15 is 0 Å². The number of hydrogen-bond donors (Lipinski definition) is 1. The van der Waals surface area contributed by atoms with Gasteiger partial charge in [-0.05, 0) is 23.6 Å². The van der Waals surface area contributed by atoms with Crippen LogP contribution < -0.4 is 14.8 Å². The molecule has 0 aliphatic carbocycles. The lowest BCUT2D eigenvalue weighted by Gasteiger charge is -2.14. The first-order valence-corrected chi connectivity index (χ1v) is 7.63. The minimum Gasteiger partial charge on any atom is -0.493 e. The Morgan fingerprint density at radius 3 is 2.43 bits per heavy atom. The van der Waals surface area contributed by atoms with Gasteiger partial charge in [0.2, 0.25) is 0 Å². The van der Waals surface area contributed by atoms with E-state index in [9.17, 15) is 0 Å². The molecule has 1 aromatic rings. The number of methoxy groups -OCH3 is 1. The molecule has 0 spiro atoms. The average molecular weight is 295 g/mol. The third-order valence-electron chi connectivity index (χ3n) is 2.88. The molecule has 0 saturated heterocycles. The molecule has 0 bridgehead atoms. The molecule has 4 nitrogen and oxygen atoms in total. The first-order chi connectivity index (χ1) is 10.0. The highest BCUT2D eigenvalue weighted by atomic mass is 16.5. The maximum Gasteiger partial charge on any atom is 0.161 e. The molecule has 0 aliphatic heterocycles. The molecular formula is C17H29NO3. The lowest BCUT2D eigenvalue weighted by atomic mass is 10.2. The van der Waals surface area contributed by atoms with Gasteiger partial charge in [0.1, 0.15) is 6.61 Å². The van der Waals surface area contributed by atoms with E-state index in [1.807, 2.05) is 12.1 Å². The van der Waals surface area contributed by atoms with Gasteiger partial charge in [-0.2, -0.15) is 0 Å². The molecule has 4 heteroatoms. The second kappa shape index (κ2) is 9.64. The van der Waals surface area contributed by atoms with Crippen molar-refractivity contribution in [3.63, 3.8) is 0 Å². The Morgan fingerprint density at radius 1 is 1.05 bits per heavy atom. The van der Waals surface area contributed by atoms with E-state index in [-0.39, 0.29) is 0 Å². The topological polar surface area (TPSA) is 39.7 Å². The lowest BCUT2D eigenvalue weighted by Crippen LogP contribution is -2.21. The van der Waals surface area contributed by atoms with Crippen molar-refractivity contribution in [3.8, 4) is 11.5 Å². The summed E-state index contributed by atoms with van der Waals surface area (Å²) in [4.78, 5) is 0. The molecule has 0 unspecified atom stereocenters. The second-order valence-electron chi connectivity index (χ2n) is 5.84. The standard InChI is InChI=1S/C17H29NO3/c1-13(2)12-20-8-9-21-17-10-15(11-18-14(3)4)6-7-16(17)19-5/h6-7,10,13-14,18H,8-9,11-12H2,1-5H3. The molecule has 120 valence electrons. The Labute approximate surface area is 128 Å². The van der Waals surface area contributed by atoms with Gasteiger partial charge in [0.05, 0.1) is 13.7 Å². The molecule has 0 heterocycles. The van der Waals surface area contributed by atoms with Crippen LogP contribution in [0.2, 0.25) is 0 Å². The normalized spacial score (nSPS) is 11.2. The van der Waals surface area contributed by atoms with Crippen LogP contribution in [0.1, 0.15) is 33.3 Å². The van der Waals surface area contributed by atoms with Crippen LogP contribution in [0, 0.1) is 5.92 Å². The van der Waals surface area contributed by atoms with Gasteiger partial charge in [-0.25, -0.2) is 0 Å². The summed E-state index contributed by atoms with van der Waals surface area (Å²) in [5, 5.41) is 3.39. The van der Waals surface area contributed by atoms with E-state index in [2.05, 4.69) is 39.1 Å². The molecule has 0 radical (unpaired) electrons. The van der Waals surface area contributed by atoms with E-state index in [1.165, 1.54) is 5.56 Å². The van der Waals surface area contributed by atoms with Crippen molar-refractivity contribution < 1.29 is 14.2 Å². The van der Waals surface area contributed by atoms with E-state index in [0.717, 1.165) is 24.7 Å². The van der Waals surface area contributed by atoms with Gasteiger partial charge in [-0.1, -0.05) is 33.8 Å². The molecular weight excluding hydrogens is 266 g/mol. The summed E-state index contributed by atoms with van der Waals surface area (Å²) in [5.74, 6) is 2.07. The summed E-state index contributed by atoms with van der Waals surface area (Å²) in [7, 11) is 1.66. The minimum atomic E-state index is 0.459. The van der Waals surface area contributed by atoms with Crippen molar-refractivity contribution in [1.29, 1.82) is 0 Å². The van der Waals surface area contributed by atoms with E-state index in [0.29, 0.717) is 25.2 Å². The Bertz CT molecular complexity index is 405. The van der Waals surface area contributed by atoms with Crippen LogP contribution in [0.15, 0.2) is 18.2 Å². The summed E-state index contributed by atoms with van der Waals surface area (Å²) in [6.45, 7) is 11.2. The molecule has 0 saturated carbocycles. The van der Waals surface area contributed by atoms with Crippen molar-refractivity contribution in [2.45, 2.75) is 40.3 Å². The maximum absolute atomic E-state index is 5.78. The van der Waals surface area contributed by atoms with Gasteiger partial charge < -0.3 is 19.5 Å². The van der Waals surface area contributed by atoms with Crippen LogP contribution >= 0.6 is 0 Å². The third kappa shape index (κ3) is 7.34. The van der Waals surface area contributed by atoms with Gasteiger partial charge in [-0.3, -0.25) is 0 Å². The van der Waals surface area contributed by atoms with Gasteiger partial charge in [0.25, 0.3) is 0 Å². The molecule has 1 aromatic carbocycles. The first kappa shape index (κ1) is 17.8. The van der Waals surface area contributed by atoms with E-state index in [1.54, 1.807) is 7.11 Å². The Balaban J connectivity index is 2.51. The van der Waals surface area contributed by atoms with Crippen molar-refractivity contribution in [1.82, 2.24) is 5.32 Å². The monoisotopic (exact) mass is 295 g/mol. The molecule has 1 N–H and O–H groups in total. The van der Waals surface area contributed by atoms with Crippen LogP contribution in [0.3, 0.4) is 0 Å². The smallest absolute Gasteiger partial charge is 0.161 e. The second-order valence-corrected chi connectivity index (χ2v) is 5.84. The van der Waals surface area contributed by atoms with Crippen LogP contribution in [-0.2, 0) is 11.3 Å². The van der Waals surface area contributed by atoms with Crippen molar-refractivity contribution in [2.75, 3.05) is 26.9 Å². The first-order valence-electron chi connectivity index (χ1n) is 7.63. The molecule has 0 aliphatic rings. The molecule has 0 aromatic heterocycles. The summed E-state index contributed by atoms with van der Waals surface area (Å²) in [6, 6.07) is 6.48. The van der Waals surface area contributed by atoms with Gasteiger partial charge >= 0.3 is 0 Å². The zero-order valence-corrected chi connectivity index (χ0v) is 13.9. The van der Waals surface area contributed by atoms with Crippen LogP contribution in [0.4, 0.5) is 0 Å². The number of rotatable bonds is 10. The summed E-state index contributed by atoms with van der Waals surface area (Å²) < 4.78 is 16.6. The van der Waals surface area contributed by atoms with Gasteiger partial charge in [-0.15, -0.1) is 0 Å². The molecule has 0 fully saturated rings. The lowest BCUT2D eigenvalue weighted by molar-refractivity contribution is 0.0810.